The molecule has 3 rings (SSSR count). The Labute approximate surface area is 114 Å². The molecule has 2 heterocycles. The predicted octanol–water partition coefficient (Wildman–Crippen LogP) is 2.31. The van der Waals surface area contributed by atoms with Crippen molar-refractivity contribution < 1.29 is 0 Å². The Bertz CT molecular complexity index is 524. The minimum Gasteiger partial charge on any atom is -0.314 e. The molecule has 1 fully saturated rings. The molecule has 1 saturated heterocycles. The molecule has 0 saturated carbocycles. The molecule has 0 spiro atoms. The maximum Gasteiger partial charge on any atom is 0.0527 e. The zero-order chi connectivity index (χ0) is 13.1. The van der Waals surface area contributed by atoms with Crippen LogP contribution >= 0.6 is 0 Å². The van der Waals surface area contributed by atoms with Crippen LogP contribution in [0.25, 0.3) is 0 Å². The summed E-state index contributed by atoms with van der Waals surface area (Å²) in [6.45, 7) is 1.16. The Balaban J connectivity index is 1.78. The highest BCUT2D eigenvalue weighted by atomic mass is 15.3. The molecule has 0 bridgehead atoms. The van der Waals surface area contributed by atoms with Crippen LogP contribution in [0.2, 0.25) is 0 Å². The van der Waals surface area contributed by atoms with Gasteiger partial charge in [-0.1, -0.05) is 30.3 Å². The average Bonchev–Trinajstić information content (AvgIpc) is 3.05. The summed E-state index contributed by atoms with van der Waals surface area (Å²) < 4.78 is 2.04. The highest BCUT2D eigenvalue weighted by Gasteiger charge is 2.18. The molecular weight excluding hydrogens is 234 g/mol. The van der Waals surface area contributed by atoms with Gasteiger partial charge in [-0.25, -0.2) is 0 Å². The van der Waals surface area contributed by atoms with Gasteiger partial charge in [0.15, 0.2) is 0 Å². The molecule has 1 N–H and O–H groups in total. The molecule has 3 heteroatoms. The van der Waals surface area contributed by atoms with Crippen molar-refractivity contribution in [1.82, 2.24) is 15.1 Å². The third kappa shape index (κ3) is 2.87. The van der Waals surface area contributed by atoms with Crippen molar-refractivity contribution in [3.05, 3.63) is 53.3 Å². The molecule has 1 aliphatic heterocycles. The molecule has 0 amide bonds. The van der Waals surface area contributed by atoms with Crippen LogP contribution in [0.3, 0.4) is 0 Å². The van der Waals surface area contributed by atoms with Crippen LogP contribution in [0.4, 0.5) is 0 Å². The lowest BCUT2D eigenvalue weighted by molar-refractivity contribution is 0.568. The van der Waals surface area contributed by atoms with Gasteiger partial charge in [0.25, 0.3) is 0 Å². The number of hydrogen-bond donors (Lipinski definition) is 1. The van der Waals surface area contributed by atoms with E-state index in [0.717, 1.165) is 19.4 Å². The van der Waals surface area contributed by atoms with E-state index in [4.69, 9.17) is 0 Å². The molecule has 19 heavy (non-hydrogen) atoms. The van der Waals surface area contributed by atoms with Crippen LogP contribution in [0.15, 0.2) is 36.5 Å². The smallest absolute Gasteiger partial charge is 0.0527 e. The molecule has 1 aliphatic rings. The van der Waals surface area contributed by atoms with Gasteiger partial charge in [-0.3, -0.25) is 4.68 Å². The third-order valence-corrected chi connectivity index (χ3v) is 3.99. The van der Waals surface area contributed by atoms with Crippen LogP contribution in [0.5, 0.6) is 0 Å². The van der Waals surface area contributed by atoms with Crippen LogP contribution in [0, 0.1) is 0 Å². The maximum absolute atomic E-state index is 4.44. The Kier molecular flexibility index (Phi) is 3.65. The lowest BCUT2D eigenvalue weighted by Crippen LogP contribution is -2.25. The van der Waals surface area contributed by atoms with Crippen LogP contribution in [-0.4, -0.2) is 22.4 Å². The lowest BCUT2D eigenvalue weighted by atomic mass is 10.0. The van der Waals surface area contributed by atoms with E-state index < -0.39 is 0 Å². The van der Waals surface area contributed by atoms with Gasteiger partial charge >= 0.3 is 0 Å². The number of hydrogen-bond acceptors (Lipinski definition) is 2. The summed E-state index contributed by atoms with van der Waals surface area (Å²) in [7, 11) is 2.05. The Morgan fingerprint density at radius 3 is 2.89 bits per heavy atom. The normalized spacial score (nSPS) is 18.9. The van der Waals surface area contributed by atoms with Gasteiger partial charge in [-0.05, 0) is 30.5 Å². The van der Waals surface area contributed by atoms with Gasteiger partial charge in [-0.15, -0.1) is 0 Å². The number of benzene rings is 1. The minimum absolute atomic E-state index is 0.630. The van der Waals surface area contributed by atoms with Gasteiger partial charge in [0, 0.05) is 31.6 Å². The van der Waals surface area contributed by atoms with Crippen molar-refractivity contribution in [2.45, 2.75) is 31.7 Å². The third-order valence-electron chi connectivity index (χ3n) is 3.99. The Morgan fingerprint density at radius 2 is 2.16 bits per heavy atom. The first-order chi connectivity index (χ1) is 9.33. The van der Waals surface area contributed by atoms with Crippen molar-refractivity contribution in [3.63, 3.8) is 0 Å². The van der Waals surface area contributed by atoms with Crippen molar-refractivity contribution in [2.75, 3.05) is 6.54 Å². The summed E-state index contributed by atoms with van der Waals surface area (Å²) >= 11 is 0. The summed E-state index contributed by atoms with van der Waals surface area (Å²) in [5.41, 5.74) is 4.10. The number of rotatable bonds is 4. The number of aromatic nitrogens is 2. The fourth-order valence-electron chi connectivity index (χ4n) is 2.90. The summed E-state index contributed by atoms with van der Waals surface area (Å²) in [6, 6.07) is 11.3. The molecule has 1 atom stereocenters. The van der Waals surface area contributed by atoms with Gasteiger partial charge in [-0.2, -0.15) is 5.10 Å². The zero-order valence-corrected chi connectivity index (χ0v) is 11.5. The van der Waals surface area contributed by atoms with E-state index in [0.29, 0.717) is 6.04 Å². The average molecular weight is 255 g/mol. The molecule has 1 unspecified atom stereocenters. The van der Waals surface area contributed by atoms with Crippen molar-refractivity contribution in [1.29, 1.82) is 0 Å². The van der Waals surface area contributed by atoms with Crippen molar-refractivity contribution >= 4 is 0 Å². The SMILES string of the molecule is Cn1ncc(Cc2ccccc2)c1CC1CCCN1. The van der Waals surface area contributed by atoms with Crippen LogP contribution in [-0.2, 0) is 19.9 Å². The second-order valence-electron chi connectivity index (χ2n) is 5.40. The molecule has 3 nitrogen and oxygen atoms in total. The molecule has 0 radical (unpaired) electrons. The largest absolute Gasteiger partial charge is 0.314 e. The first-order valence-electron chi connectivity index (χ1n) is 7.10. The van der Waals surface area contributed by atoms with E-state index in [1.54, 1.807) is 0 Å². The molecule has 2 aromatic rings. The van der Waals surface area contributed by atoms with Crippen molar-refractivity contribution in [3.8, 4) is 0 Å². The fourth-order valence-corrected chi connectivity index (χ4v) is 2.90. The minimum atomic E-state index is 0.630. The Morgan fingerprint density at radius 1 is 1.32 bits per heavy atom. The molecule has 1 aromatic carbocycles. The summed E-state index contributed by atoms with van der Waals surface area (Å²) in [5, 5.41) is 8.02. The number of aryl methyl sites for hydroxylation is 1. The lowest BCUT2D eigenvalue weighted by Gasteiger charge is -2.12. The topological polar surface area (TPSA) is 29.9 Å². The van der Waals surface area contributed by atoms with E-state index in [1.807, 2.05) is 10.9 Å². The van der Waals surface area contributed by atoms with E-state index >= 15 is 0 Å². The molecule has 0 aliphatic carbocycles. The summed E-state index contributed by atoms with van der Waals surface area (Å²) in [6.07, 6.45) is 6.69. The van der Waals surface area contributed by atoms with Gasteiger partial charge in [0.1, 0.15) is 0 Å². The molecule has 1 aromatic heterocycles. The first-order valence-corrected chi connectivity index (χ1v) is 7.10. The van der Waals surface area contributed by atoms with Gasteiger partial charge < -0.3 is 5.32 Å². The fraction of sp³-hybridized carbons (Fsp3) is 0.438. The number of nitrogens with one attached hydrogen (secondary N) is 1. The first kappa shape index (κ1) is 12.4. The maximum atomic E-state index is 4.44. The van der Waals surface area contributed by atoms with Gasteiger partial charge in [0.05, 0.1) is 6.20 Å². The number of nitrogens with zero attached hydrogens (tertiary/aromatic N) is 2. The van der Waals surface area contributed by atoms with Crippen molar-refractivity contribution in [2.24, 2.45) is 7.05 Å². The van der Waals surface area contributed by atoms with E-state index in [9.17, 15) is 0 Å². The van der Waals surface area contributed by atoms with E-state index in [1.165, 1.54) is 29.7 Å². The highest BCUT2D eigenvalue weighted by molar-refractivity contribution is 5.28. The summed E-state index contributed by atoms with van der Waals surface area (Å²) in [4.78, 5) is 0. The van der Waals surface area contributed by atoms with E-state index in [-0.39, 0.29) is 0 Å². The quantitative estimate of drug-likeness (QED) is 0.908. The standard InChI is InChI=1S/C16H21N3/c1-19-16(11-15-8-5-9-17-15)14(12-18-19)10-13-6-3-2-4-7-13/h2-4,6-7,12,15,17H,5,8-11H2,1H3. The Hall–Kier alpha value is -1.61. The zero-order valence-electron chi connectivity index (χ0n) is 11.5. The van der Waals surface area contributed by atoms with Gasteiger partial charge in [0.2, 0.25) is 0 Å². The second kappa shape index (κ2) is 5.57. The molecular formula is C16H21N3. The monoisotopic (exact) mass is 255 g/mol. The predicted molar refractivity (Wildman–Crippen MR) is 77.2 cm³/mol. The molecule has 100 valence electrons. The highest BCUT2D eigenvalue weighted by Crippen LogP contribution is 2.18. The second-order valence-corrected chi connectivity index (χ2v) is 5.40. The van der Waals surface area contributed by atoms with Crippen LogP contribution in [0.1, 0.15) is 29.7 Å². The van der Waals surface area contributed by atoms with Crippen LogP contribution < -0.4 is 5.32 Å². The summed E-state index contributed by atoms with van der Waals surface area (Å²) in [5.74, 6) is 0. The van der Waals surface area contributed by atoms with E-state index in [2.05, 4.69) is 47.8 Å².